The third-order valence-electron chi connectivity index (χ3n) is 2.20. The average molecular weight is 258 g/mol. The molecule has 0 unspecified atom stereocenters. The summed E-state index contributed by atoms with van der Waals surface area (Å²) in [7, 11) is 2.02. The molecular formula is C12H20ClN3O. The molecule has 0 bridgehead atoms. The first-order valence-corrected chi connectivity index (χ1v) is 6.15. The van der Waals surface area contributed by atoms with Gasteiger partial charge < -0.3 is 4.74 Å². The zero-order valence-corrected chi connectivity index (χ0v) is 11.7. The molecule has 0 atom stereocenters. The molecule has 0 aliphatic rings. The van der Waals surface area contributed by atoms with Crippen LogP contribution in [0.5, 0.6) is 0 Å². The highest BCUT2D eigenvalue weighted by molar-refractivity contribution is 6.29. The zero-order chi connectivity index (χ0) is 12.8. The van der Waals surface area contributed by atoms with E-state index in [2.05, 4.69) is 14.9 Å². The summed E-state index contributed by atoms with van der Waals surface area (Å²) < 4.78 is 5.49. The molecule has 17 heavy (non-hydrogen) atoms. The van der Waals surface area contributed by atoms with Crippen LogP contribution in [0.4, 0.5) is 0 Å². The number of likely N-dealkylation sites (N-methyl/N-ethyl adjacent to an activating group) is 1. The highest BCUT2D eigenvalue weighted by atomic mass is 35.5. The summed E-state index contributed by atoms with van der Waals surface area (Å²) in [5, 5.41) is 0.499. The predicted molar refractivity (Wildman–Crippen MR) is 69.2 cm³/mol. The summed E-state index contributed by atoms with van der Waals surface area (Å²) in [6.07, 6.45) is 0.271. The summed E-state index contributed by atoms with van der Waals surface area (Å²) in [5.74, 6) is 0.752. The van der Waals surface area contributed by atoms with Gasteiger partial charge in [-0.25, -0.2) is 9.97 Å². The average Bonchev–Trinajstić information content (AvgIpc) is 2.14. The first kappa shape index (κ1) is 14.4. The van der Waals surface area contributed by atoms with Crippen molar-refractivity contribution in [2.45, 2.75) is 33.4 Å². The van der Waals surface area contributed by atoms with Crippen molar-refractivity contribution in [1.29, 1.82) is 0 Å². The normalized spacial score (nSPS) is 11.5. The highest BCUT2D eigenvalue weighted by Gasteiger charge is 2.05. The minimum atomic E-state index is 0.271. The van der Waals surface area contributed by atoms with Gasteiger partial charge in [0.05, 0.1) is 19.3 Å². The highest BCUT2D eigenvalue weighted by Crippen LogP contribution is 2.07. The van der Waals surface area contributed by atoms with Gasteiger partial charge in [-0.2, -0.15) is 0 Å². The van der Waals surface area contributed by atoms with Crippen molar-refractivity contribution >= 4 is 11.6 Å². The molecule has 1 heterocycles. The van der Waals surface area contributed by atoms with Crippen LogP contribution in [0.1, 0.15) is 25.4 Å². The van der Waals surface area contributed by atoms with Gasteiger partial charge in [-0.05, 0) is 33.9 Å². The maximum absolute atomic E-state index is 5.89. The molecule has 1 aromatic heterocycles. The Morgan fingerprint density at radius 3 is 2.71 bits per heavy atom. The van der Waals surface area contributed by atoms with Crippen LogP contribution in [-0.4, -0.2) is 41.2 Å². The standard InChI is InChI=1S/C12H20ClN3O/c1-9(2)17-6-5-16(4)8-12-14-10(3)7-11(13)15-12/h7,9H,5-6,8H2,1-4H3. The molecule has 0 aliphatic heterocycles. The first-order valence-electron chi connectivity index (χ1n) is 5.77. The molecule has 0 radical (unpaired) electrons. The van der Waals surface area contributed by atoms with Crippen LogP contribution >= 0.6 is 11.6 Å². The van der Waals surface area contributed by atoms with Gasteiger partial charge in [0.2, 0.25) is 0 Å². The summed E-state index contributed by atoms with van der Waals surface area (Å²) in [4.78, 5) is 10.6. The van der Waals surface area contributed by atoms with Crippen LogP contribution in [-0.2, 0) is 11.3 Å². The fourth-order valence-electron chi connectivity index (χ4n) is 1.42. The van der Waals surface area contributed by atoms with Crippen LogP contribution in [0.3, 0.4) is 0 Å². The Morgan fingerprint density at radius 1 is 1.41 bits per heavy atom. The lowest BCUT2D eigenvalue weighted by molar-refractivity contribution is 0.0623. The lowest BCUT2D eigenvalue weighted by atomic mass is 10.4. The largest absolute Gasteiger partial charge is 0.377 e. The number of nitrogens with zero attached hydrogens (tertiary/aromatic N) is 3. The van der Waals surface area contributed by atoms with Crippen molar-refractivity contribution in [2.75, 3.05) is 20.2 Å². The predicted octanol–water partition coefficient (Wildman–Crippen LogP) is 2.30. The van der Waals surface area contributed by atoms with Crippen molar-refractivity contribution in [1.82, 2.24) is 14.9 Å². The van der Waals surface area contributed by atoms with Crippen molar-refractivity contribution in [3.63, 3.8) is 0 Å². The number of aryl methyl sites for hydroxylation is 1. The van der Waals surface area contributed by atoms with E-state index in [0.29, 0.717) is 18.3 Å². The minimum Gasteiger partial charge on any atom is -0.377 e. The molecule has 0 saturated heterocycles. The Bertz CT molecular complexity index is 337. The molecule has 96 valence electrons. The number of halogens is 1. The van der Waals surface area contributed by atoms with Crippen LogP contribution in [0.2, 0.25) is 5.15 Å². The Labute approximate surface area is 108 Å². The number of rotatable bonds is 6. The molecular weight excluding hydrogens is 238 g/mol. The monoisotopic (exact) mass is 257 g/mol. The Morgan fingerprint density at radius 2 is 2.12 bits per heavy atom. The summed E-state index contributed by atoms with van der Waals surface area (Å²) in [6.45, 7) is 8.23. The van der Waals surface area contributed by atoms with E-state index in [-0.39, 0.29) is 6.10 Å². The molecule has 0 aliphatic carbocycles. The van der Waals surface area contributed by atoms with E-state index in [4.69, 9.17) is 16.3 Å². The molecule has 0 spiro atoms. The quantitative estimate of drug-likeness (QED) is 0.733. The van der Waals surface area contributed by atoms with E-state index in [1.165, 1.54) is 0 Å². The van der Waals surface area contributed by atoms with Gasteiger partial charge in [-0.1, -0.05) is 11.6 Å². The third kappa shape index (κ3) is 5.96. The van der Waals surface area contributed by atoms with Gasteiger partial charge in [0, 0.05) is 12.2 Å². The van der Waals surface area contributed by atoms with Crippen LogP contribution in [0.25, 0.3) is 0 Å². The van der Waals surface area contributed by atoms with E-state index in [9.17, 15) is 0 Å². The van der Waals surface area contributed by atoms with Crippen molar-refractivity contribution in [2.24, 2.45) is 0 Å². The molecule has 0 fully saturated rings. The Balaban J connectivity index is 2.42. The van der Waals surface area contributed by atoms with Crippen molar-refractivity contribution in [3.8, 4) is 0 Å². The van der Waals surface area contributed by atoms with E-state index in [1.54, 1.807) is 6.07 Å². The summed E-state index contributed by atoms with van der Waals surface area (Å²) >= 11 is 5.89. The van der Waals surface area contributed by atoms with Crippen molar-refractivity contribution in [3.05, 3.63) is 22.7 Å². The molecule has 0 N–H and O–H groups in total. The van der Waals surface area contributed by atoms with Crippen molar-refractivity contribution < 1.29 is 4.74 Å². The molecule has 1 aromatic rings. The summed E-state index contributed by atoms with van der Waals surface area (Å²) in [5.41, 5.74) is 0.895. The van der Waals surface area contributed by atoms with Gasteiger partial charge in [0.25, 0.3) is 0 Å². The number of ether oxygens (including phenoxy) is 1. The Kier molecular flexibility index (Phi) is 5.82. The summed E-state index contributed by atoms with van der Waals surface area (Å²) in [6, 6.07) is 1.76. The van der Waals surface area contributed by atoms with Crippen LogP contribution < -0.4 is 0 Å². The van der Waals surface area contributed by atoms with Gasteiger partial charge in [-0.15, -0.1) is 0 Å². The van der Waals surface area contributed by atoms with Gasteiger partial charge in [0.15, 0.2) is 0 Å². The zero-order valence-electron chi connectivity index (χ0n) is 10.9. The van der Waals surface area contributed by atoms with E-state index >= 15 is 0 Å². The van der Waals surface area contributed by atoms with E-state index in [1.807, 2.05) is 27.8 Å². The second kappa shape index (κ2) is 6.89. The molecule has 1 rings (SSSR count). The van der Waals surface area contributed by atoms with Gasteiger partial charge in [-0.3, -0.25) is 4.90 Å². The van der Waals surface area contributed by atoms with E-state index in [0.717, 1.165) is 18.1 Å². The Hall–Kier alpha value is -0.710. The molecule has 5 heteroatoms. The van der Waals surface area contributed by atoms with Gasteiger partial charge >= 0.3 is 0 Å². The number of hydrogen-bond acceptors (Lipinski definition) is 4. The minimum absolute atomic E-state index is 0.271. The lowest BCUT2D eigenvalue weighted by Gasteiger charge is -2.16. The topological polar surface area (TPSA) is 38.2 Å². The van der Waals surface area contributed by atoms with E-state index < -0.39 is 0 Å². The molecule has 0 aromatic carbocycles. The first-order chi connectivity index (χ1) is 7.97. The number of aromatic nitrogens is 2. The fourth-order valence-corrected chi connectivity index (χ4v) is 1.68. The molecule has 0 saturated carbocycles. The SMILES string of the molecule is Cc1cc(Cl)nc(CN(C)CCOC(C)C)n1. The van der Waals surface area contributed by atoms with Crippen LogP contribution in [0, 0.1) is 6.92 Å². The number of hydrogen-bond donors (Lipinski definition) is 0. The van der Waals surface area contributed by atoms with Gasteiger partial charge in [0.1, 0.15) is 11.0 Å². The lowest BCUT2D eigenvalue weighted by Crippen LogP contribution is -2.25. The molecule has 0 amide bonds. The fraction of sp³-hybridized carbons (Fsp3) is 0.667. The second-order valence-electron chi connectivity index (χ2n) is 4.41. The smallest absolute Gasteiger partial charge is 0.144 e. The molecule has 4 nitrogen and oxygen atoms in total. The second-order valence-corrected chi connectivity index (χ2v) is 4.79. The maximum Gasteiger partial charge on any atom is 0.144 e. The third-order valence-corrected chi connectivity index (χ3v) is 2.40. The maximum atomic E-state index is 5.89. The van der Waals surface area contributed by atoms with Crippen LogP contribution in [0.15, 0.2) is 6.07 Å².